The van der Waals surface area contributed by atoms with E-state index in [4.69, 9.17) is 4.74 Å². The van der Waals surface area contributed by atoms with Gasteiger partial charge in [0.05, 0.1) is 11.6 Å². The summed E-state index contributed by atoms with van der Waals surface area (Å²) < 4.78 is 34.3. The van der Waals surface area contributed by atoms with Crippen molar-refractivity contribution in [1.29, 1.82) is 0 Å². The van der Waals surface area contributed by atoms with Crippen molar-refractivity contribution in [2.24, 2.45) is 0 Å². The molecule has 1 heterocycles. The van der Waals surface area contributed by atoms with Gasteiger partial charge in [-0.2, -0.15) is 0 Å². The van der Waals surface area contributed by atoms with Crippen LogP contribution in [0.15, 0.2) is 48.5 Å². The molecule has 0 aliphatic rings. The maximum atomic E-state index is 13.9. The molecule has 0 aliphatic heterocycles. The van der Waals surface area contributed by atoms with Crippen LogP contribution in [0, 0.1) is 11.6 Å². The Hall–Kier alpha value is -2.80. The first-order valence-corrected chi connectivity index (χ1v) is 10.4. The molecule has 0 aliphatic carbocycles. The quantitative estimate of drug-likeness (QED) is 0.459. The van der Waals surface area contributed by atoms with E-state index in [1.807, 2.05) is 30.3 Å². The highest BCUT2D eigenvalue weighted by molar-refractivity contribution is 7.19. The minimum atomic E-state index is -0.890. The second-order valence-corrected chi connectivity index (χ2v) is 9.06. The van der Waals surface area contributed by atoms with E-state index in [1.165, 1.54) is 17.4 Å². The van der Waals surface area contributed by atoms with Gasteiger partial charge in [0, 0.05) is 16.0 Å². The average Bonchev–Trinajstić information content (AvgIpc) is 3.07. The van der Waals surface area contributed by atoms with Crippen molar-refractivity contribution in [3.05, 3.63) is 70.6 Å². The number of rotatable bonds is 6. The minimum absolute atomic E-state index is 0.132. The van der Waals surface area contributed by atoms with Gasteiger partial charge in [0.2, 0.25) is 0 Å². The molecule has 1 amide bonds. The van der Waals surface area contributed by atoms with E-state index < -0.39 is 40.7 Å². The largest absolute Gasteiger partial charge is 0.444 e. The molecule has 0 radical (unpaired) electrons. The molecule has 0 spiro atoms. The summed E-state index contributed by atoms with van der Waals surface area (Å²) in [7, 11) is 0. The summed E-state index contributed by atoms with van der Waals surface area (Å²) in [6.45, 7) is 5.27. The van der Waals surface area contributed by atoms with Crippen LogP contribution in [-0.2, 0) is 4.74 Å². The molecule has 30 heavy (non-hydrogen) atoms. The molecule has 7 heteroatoms. The van der Waals surface area contributed by atoms with Crippen LogP contribution in [0.2, 0.25) is 0 Å². The van der Waals surface area contributed by atoms with E-state index in [0.29, 0.717) is 0 Å². The normalized spacial score (nSPS) is 12.6. The molecule has 0 bridgehead atoms. The SMILES string of the molecule is CC(C)(C)OC(=O)NC(CCC(=O)c1c(F)cccc1F)c1cc2ccccc2s1. The summed E-state index contributed by atoms with van der Waals surface area (Å²) in [6.07, 6.45) is -0.569. The monoisotopic (exact) mass is 431 g/mol. The Morgan fingerprint density at radius 1 is 1.07 bits per heavy atom. The molecular formula is C23H23F2NO3S. The second kappa shape index (κ2) is 8.92. The standard InChI is InChI=1S/C23H23F2NO3S/c1-23(2,3)29-22(28)26-17(20-13-14-7-4-5-10-19(14)30-20)11-12-18(27)21-15(24)8-6-9-16(21)25/h4-10,13,17H,11-12H2,1-3H3,(H,26,28). The molecule has 4 nitrogen and oxygen atoms in total. The number of alkyl carbamates (subject to hydrolysis) is 1. The van der Waals surface area contributed by atoms with Crippen LogP contribution in [-0.4, -0.2) is 17.5 Å². The van der Waals surface area contributed by atoms with Gasteiger partial charge >= 0.3 is 6.09 Å². The lowest BCUT2D eigenvalue weighted by Crippen LogP contribution is -2.35. The lowest BCUT2D eigenvalue weighted by atomic mass is 10.0. The van der Waals surface area contributed by atoms with Crippen LogP contribution in [0.5, 0.6) is 0 Å². The van der Waals surface area contributed by atoms with Gasteiger partial charge in [0.25, 0.3) is 0 Å². The lowest BCUT2D eigenvalue weighted by Gasteiger charge is -2.23. The van der Waals surface area contributed by atoms with E-state index >= 15 is 0 Å². The Morgan fingerprint density at radius 3 is 2.37 bits per heavy atom. The van der Waals surface area contributed by atoms with Crippen molar-refractivity contribution in [1.82, 2.24) is 5.32 Å². The topological polar surface area (TPSA) is 55.4 Å². The summed E-state index contributed by atoms with van der Waals surface area (Å²) in [4.78, 5) is 25.7. The number of amides is 1. The zero-order chi connectivity index (χ0) is 21.9. The van der Waals surface area contributed by atoms with Crippen molar-refractivity contribution in [2.45, 2.75) is 45.3 Å². The van der Waals surface area contributed by atoms with E-state index in [9.17, 15) is 18.4 Å². The van der Waals surface area contributed by atoms with Crippen LogP contribution in [0.3, 0.4) is 0 Å². The number of hydrogen-bond acceptors (Lipinski definition) is 4. The highest BCUT2D eigenvalue weighted by Gasteiger charge is 2.24. The molecule has 0 saturated heterocycles. The van der Waals surface area contributed by atoms with E-state index in [2.05, 4.69) is 5.32 Å². The van der Waals surface area contributed by atoms with Gasteiger partial charge in [-0.25, -0.2) is 13.6 Å². The van der Waals surface area contributed by atoms with Crippen LogP contribution < -0.4 is 5.32 Å². The Bertz CT molecular complexity index is 1020. The molecule has 158 valence electrons. The highest BCUT2D eigenvalue weighted by Crippen LogP contribution is 2.32. The fourth-order valence-corrected chi connectivity index (χ4v) is 4.22. The number of halogens is 2. The number of ketones is 1. The van der Waals surface area contributed by atoms with E-state index in [1.54, 1.807) is 20.8 Å². The number of hydrogen-bond donors (Lipinski definition) is 1. The molecule has 3 aromatic rings. The number of benzene rings is 2. The first-order valence-electron chi connectivity index (χ1n) is 9.59. The van der Waals surface area contributed by atoms with E-state index in [-0.39, 0.29) is 12.8 Å². The molecule has 2 aromatic carbocycles. The number of ether oxygens (including phenoxy) is 1. The Balaban J connectivity index is 1.82. The van der Waals surface area contributed by atoms with Crippen molar-refractivity contribution in [2.75, 3.05) is 0 Å². The third kappa shape index (κ3) is 5.42. The number of fused-ring (bicyclic) bond motifs is 1. The predicted octanol–water partition coefficient (Wildman–Crippen LogP) is 6.41. The zero-order valence-corrected chi connectivity index (χ0v) is 17.8. The lowest BCUT2D eigenvalue weighted by molar-refractivity contribution is 0.0499. The van der Waals surface area contributed by atoms with Gasteiger partial charge < -0.3 is 10.1 Å². The third-order valence-electron chi connectivity index (χ3n) is 4.38. The first-order chi connectivity index (χ1) is 14.1. The van der Waals surface area contributed by atoms with E-state index in [0.717, 1.165) is 27.1 Å². The number of thiophene rings is 1. The van der Waals surface area contributed by atoms with Crippen LogP contribution >= 0.6 is 11.3 Å². The predicted molar refractivity (Wildman–Crippen MR) is 114 cm³/mol. The average molecular weight is 432 g/mol. The second-order valence-electron chi connectivity index (χ2n) is 7.94. The van der Waals surface area contributed by atoms with Crippen LogP contribution in [0.1, 0.15) is 54.9 Å². The van der Waals surface area contributed by atoms with Gasteiger partial charge in [-0.15, -0.1) is 11.3 Å². The number of nitrogens with one attached hydrogen (secondary N) is 1. The molecule has 1 atom stereocenters. The zero-order valence-electron chi connectivity index (χ0n) is 17.0. The summed E-state index contributed by atoms with van der Waals surface area (Å²) in [6, 6.07) is 12.5. The Kier molecular flexibility index (Phi) is 6.51. The van der Waals surface area contributed by atoms with Gasteiger partial charge in [0.1, 0.15) is 17.2 Å². The summed E-state index contributed by atoms with van der Waals surface area (Å²) in [5.74, 6) is -2.43. The number of carbonyl (C=O) groups excluding carboxylic acids is 2. The molecule has 0 fully saturated rings. The van der Waals surface area contributed by atoms with Crippen molar-refractivity contribution in [3.63, 3.8) is 0 Å². The molecule has 0 saturated carbocycles. The van der Waals surface area contributed by atoms with Gasteiger partial charge in [-0.3, -0.25) is 4.79 Å². The van der Waals surface area contributed by atoms with Crippen molar-refractivity contribution < 1.29 is 23.1 Å². The smallest absolute Gasteiger partial charge is 0.408 e. The molecule has 1 aromatic heterocycles. The molecule has 1 unspecified atom stereocenters. The van der Waals surface area contributed by atoms with Crippen LogP contribution in [0.25, 0.3) is 10.1 Å². The van der Waals surface area contributed by atoms with Gasteiger partial charge in [-0.05, 0) is 56.8 Å². The maximum absolute atomic E-state index is 13.9. The first kappa shape index (κ1) is 21.9. The van der Waals surface area contributed by atoms with Crippen LogP contribution in [0.4, 0.5) is 13.6 Å². The number of carbonyl (C=O) groups is 2. The maximum Gasteiger partial charge on any atom is 0.408 e. The molecular weight excluding hydrogens is 408 g/mol. The Morgan fingerprint density at radius 2 is 1.73 bits per heavy atom. The van der Waals surface area contributed by atoms with Gasteiger partial charge in [-0.1, -0.05) is 24.3 Å². The number of Topliss-reactive ketones (excluding diaryl/α,β-unsaturated/α-hetero) is 1. The minimum Gasteiger partial charge on any atom is -0.444 e. The summed E-state index contributed by atoms with van der Waals surface area (Å²) in [5.41, 5.74) is -1.23. The fraction of sp³-hybridized carbons (Fsp3) is 0.304. The van der Waals surface area contributed by atoms with Crippen molar-refractivity contribution in [3.8, 4) is 0 Å². The van der Waals surface area contributed by atoms with Gasteiger partial charge in [0.15, 0.2) is 5.78 Å². The molecule has 3 rings (SSSR count). The highest BCUT2D eigenvalue weighted by atomic mass is 32.1. The summed E-state index contributed by atoms with van der Waals surface area (Å²) >= 11 is 1.49. The van der Waals surface area contributed by atoms with Crippen molar-refractivity contribution >= 4 is 33.3 Å². The third-order valence-corrected chi connectivity index (χ3v) is 5.61. The summed E-state index contributed by atoms with van der Waals surface area (Å²) in [5, 5.41) is 3.81. The Labute approximate surface area is 177 Å². The molecule has 1 N–H and O–H groups in total. The fourth-order valence-electron chi connectivity index (χ4n) is 3.07.